The minimum absolute atomic E-state index is 0.0311. The predicted molar refractivity (Wildman–Crippen MR) is 89.5 cm³/mol. The first-order chi connectivity index (χ1) is 11.7. The van der Waals surface area contributed by atoms with Gasteiger partial charge in [-0.15, -0.1) is 0 Å². The fraction of sp³-hybridized carbons (Fsp3) is 0.444. The SMILES string of the molecule is COCc1cccc(C(=O)N[C@@H]2CCO[C@H](c3cncn3C)C2)c1. The van der Waals surface area contributed by atoms with E-state index < -0.39 is 0 Å². The highest BCUT2D eigenvalue weighted by Crippen LogP contribution is 2.27. The number of nitrogens with zero attached hydrogens (tertiary/aromatic N) is 2. The number of rotatable bonds is 5. The molecule has 0 saturated carbocycles. The molecule has 128 valence electrons. The summed E-state index contributed by atoms with van der Waals surface area (Å²) in [5.74, 6) is -0.0522. The van der Waals surface area contributed by atoms with Crippen LogP contribution in [0.15, 0.2) is 36.8 Å². The average molecular weight is 329 g/mol. The standard InChI is InChI=1S/C18H23N3O3/c1-21-12-19-10-16(21)17-9-15(6-7-24-17)20-18(22)14-5-3-4-13(8-14)11-23-2/h3-5,8,10,12,15,17H,6-7,9,11H2,1-2H3,(H,20,22)/t15-,17+/m1/s1. The third-order valence-electron chi connectivity index (χ3n) is 4.30. The van der Waals surface area contributed by atoms with Crippen molar-refractivity contribution in [1.82, 2.24) is 14.9 Å². The van der Waals surface area contributed by atoms with Crippen molar-refractivity contribution in [2.75, 3.05) is 13.7 Å². The lowest BCUT2D eigenvalue weighted by Crippen LogP contribution is -2.40. The molecule has 2 atom stereocenters. The van der Waals surface area contributed by atoms with Gasteiger partial charge in [0.15, 0.2) is 0 Å². The van der Waals surface area contributed by atoms with E-state index in [1.807, 2.05) is 42.1 Å². The van der Waals surface area contributed by atoms with Gasteiger partial charge in [-0.05, 0) is 30.5 Å². The quantitative estimate of drug-likeness (QED) is 0.913. The zero-order valence-corrected chi connectivity index (χ0v) is 14.1. The van der Waals surface area contributed by atoms with Crippen LogP contribution in [0, 0.1) is 0 Å². The molecule has 1 aromatic carbocycles. The van der Waals surface area contributed by atoms with Crippen LogP contribution in [0.1, 0.15) is 40.6 Å². The third-order valence-corrected chi connectivity index (χ3v) is 4.30. The molecular formula is C18H23N3O3. The van der Waals surface area contributed by atoms with Gasteiger partial charge in [0.1, 0.15) is 6.10 Å². The lowest BCUT2D eigenvalue weighted by atomic mass is 10.0. The van der Waals surface area contributed by atoms with Gasteiger partial charge < -0.3 is 19.4 Å². The van der Waals surface area contributed by atoms with Crippen LogP contribution in [-0.4, -0.2) is 35.2 Å². The Morgan fingerprint density at radius 2 is 2.38 bits per heavy atom. The van der Waals surface area contributed by atoms with Crippen molar-refractivity contribution in [3.8, 4) is 0 Å². The van der Waals surface area contributed by atoms with Crippen molar-refractivity contribution in [3.05, 3.63) is 53.6 Å². The maximum atomic E-state index is 12.5. The molecule has 0 spiro atoms. The van der Waals surface area contributed by atoms with Gasteiger partial charge in [0.2, 0.25) is 0 Å². The van der Waals surface area contributed by atoms with Crippen molar-refractivity contribution in [2.24, 2.45) is 7.05 Å². The number of hydrogen-bond acceptors (Lipinski definition) is 4. The highest BCUT2D eigenvalue weighted by molar-refractivity contribution is 5.94. The molecule has 1 aliphatic rings. The topological polar surface area (TPSA) is 65.4 Å². The predicted octanol–water partition coefficient (Wildman–Crippen LogP) is 2.22. The van der Waals surface area contributed by atoms with E-state index in [1.54, 1.807) is 13.4 Å². The van der Waals surface area contributed by atoms with Crippen LogP contribution in [0.5, 0.6) is 0 Å². The number of nitrogens with one attached hydrogen (secondary N) is 1. The van der Waals surface area contributed by atoms with Gasteiger partial charge in [-0.3, -0.25) is 4.79 Å². The molecule has 1 saturated heterocycles. The van der Waals surface area contributed by atoms with E-state index >= 15 is 0 Å². The summed E-state index contributed by atoms with van der Waals surface area (Å²) in [5.41, 5.74) is 2.69. The maximum Gasteiger partial charge on any atom is 0.251 e. The van der Waals surface area contributed by atoms with Crippen molar-refractivity contribution >= 4 is 5.91 Å². The first-order valence-corrected chi connectivity index (χ1v) is 8.14. The Labute approximate surface area is 141 Å². The molecule has 0 radical (unpaired) electrons. The zero-order valence-electron chi connectivity index (χ0n) is 14.1. The van der Waals surface area contributed by atoms with Crippen molar-refractivity contribution in [1.29, 1.82) is 0 Å². The molecule has 24 heavy (non-hydrogen) atoms. The molecule has 1 aromatic heterocycles. The number of imidazole rings is 1. The number of methoxy groups -OCH3 is 1. The largest absolute Gasteiger partial charge is 0.380 e. The Kier molecular flexibility index (Phi) is 5.27. The van der Waals surface area contributed by atoms with Crippen LogP contribution in [0.25, 0.3) is 0 Å². The summed E-state index contributed by atoms with van der Waals surface area (Å²) in [6.45, 7) is 1.13. The number of benzene rings is 1. The number of aromatic nitrogens is 2. The second kappa shape index (κ2) is 7.59. The Hall–Kier alpha value is -2.18. The normalized spacial score (nSPS) is 20.8. The third kappa shape index (κ3) is 3.83. The summed E-state index contributed by atoms with van der Waals surface area (Å²) >= 11 is 0. The summed E-state index contributed by atoms with van der Waals surface area (Å²) in [5, 5.41) is 3.13. The summed E-state index contributed by atoms with van der Waals surface area (Å²) < 4.78 is 12.9. The van der Waals surface area contributed by atoms with E-state index in [4.69, 9.17) is 9.47 Å². The molecule has 6 heteroatoms. The van der Waals surface area contributed by atoms with Gasteiger partial charge >= 0.3 is 0 Å². The number of ether oxygens (including phenoxy) is 2. The van der Waals surface area contributed by atoms with Gasteiger partial charge in [-0.1, -0.05) is 12.1 Å². The first kappa shape index (κ1) is 16.7. The first-order valence-electron chi connectivity index (χ1n) is 8.14. The van der Waals surface area contributed by atoms with Crippen molar-refractivity contribution < 1.29 is 14.3 Å². The molecule has 1 aliphatic heterocycles. The molecule has 1 amide bonds. The smallest absolute Gasteiger partial charge is 0.251 e. The number of carbonyl (C=O) groups excluding carboxylic acids is 1. The fourth-order valence-electron chi connectivity index (χ4n) is 3.05. The second-order valence-electron chi connectivity index (χ2n) is 6.12. The van der Waals surface area contributed by atoms with Crippen LogP contribution in [-0.2, 0) is 23.1 Å². The Bertz CT molecular complexity index is 698. The molecule has 1 fully saturated rings. The molecule has 6 nitrogen and oxygen atoms in total. The summed E-state index contributed by atoms with van der Waals surface area (Å²) in [6, 6.07) is 7.62. The van der Waals surface area contributed by atoms with Crippen LogP contribution in [0.4, 0.5) is 0 Å². The van der Waals surface area contributed by atoms with E-state index in [1.165, 1.54) is 0 Å². The van der Waals surface area contributed by atoms with Gasteiger partial charge in [-0.2, -0.15) is 0 Å². The van der Waals surface area contributed by atoms with E-state index in [-0.39, 0.29) is 18.1 Å². The van der Waals surface area contributed by atoms with E-state index in [9.17, 15) is 4.79 Å². The number of carbonyl (C=O) groups is 1. The van der Waals surface area contributed by atoms with Crippen LogP contribution < -0.4 is 5.32 Å². The molecule has 0 unspecified atom stereocenters. The van der Waals surface area contributed by atoms with Gasteiger partial charge in [-0.25, -0.2) is 4.98 Å². The van der Waals surface area contributed by atoms with Gasteiger partial charge in [0, 0.05) is 32.4 Å². The number of aryl methyl sites for hydroxylation is 1. The van der Waals surface area contributed by atoms with E-state index in [0.29, 0.717) is 18.8 Å². The molecule has 0 aliphatic carbocycles. The lowest BCUT2D eigenvalue weighted by molar-refractivity contribution is -0.00301. The summed E-state index contributed by atoms with van der Waals surface area (Å²) in [6.07, 6.45) is 5.13. The molecule has 2 aromatic rings. The van der Waals surface area contributed by atoms with E-state index in [0.717, 1.165) is 24.1 Å². The minimum atomic E-state index is -0.0522. The lowest BCUT2D eigenvalue weighted by Gasteiger charge is -2.30. The van der Waals surface area contributed by atoms with Crippen LogP contribution in [0.3, 0.4) is 0 Å². The Morgan fingerprint density at radius 3 is 3.12 bits per heavy atom. The fourth-order valence-corrected chi connectivity index (χ4v) is 3.05. The highest BCUT2D eigenvalue weighted by atomic mass is 16.5. The monoisotopic (exact) mass is 329 g/mol. The molecule has 2 heterocycles. The van der Waals surface area contributed by atoms with Crippen molar-refractivity contribution in [3.63, 3.8) is 0 Å². The van der Waals surface area contributed by atoms with Crippen LogP contribution >= 0.6 is 0 Å². The van der Waals surface area contributed by atoms with Gasteiger partial charge in [0.05, 0.1) is 24.8 Å². The molecular weight excluding hydrogens is 306 g/mol. The Morgan fingerprint density at radius 1 is 1.50 bits per heavy atom. The average Bonchev–Trinajstić information content (AvgIpc) is 3.02. The minimum Gasteiger partial charge on any atom is -0.380 e. The van der Waals surface area contributed by atoms with Crippen molar-refractivity contribution in [2.45, 2.75) is 31.6 Å². The molecule has 1 N–H and O–H groups in total. The van der Waals surface area contributed by atoms with E-state index in [2.05, 4.69) is 10.3 Å². The summed E-state index contributed by atoms with van der Waals surface area (Å²) in [4.78, 5) is 16.7. The highest BCUT2D eigenvalue weighted by Gasteiger charge is 2.27. The molecule has 3 rings (SSSR count). The molecule has 0 bridgehead atoms. The van der Waals surface area contributed by atoms with Gasteiger partial charge in [0.25, 0.3) is 5.91 Å². The zero-order chi connectivity index (χ0) is 16.9. The number of hydrogen-bond donors (Lipinski definition) is 1. The Balaban J connectivity index is 1.64. The number of amides is 1. The summed E-state index contributed by atoms with van der Waals surface area (Å²) in [7, 11) is 3.60. The maximum absolute atomic E-state index is 12.5. The van der Waals surface area contributed by atoms with Crippen LogP contribution in [0.2, 0.25) is 0 Å². The second-order valence-corrected chi connectivity index (χ2v) is 6.12.